The molecule has 11 heteroatoms. The Morgan fingerprint density at radius 3 is 2.35 bits per heavy atom. The molecule has 0 saturated carbocycles. The quantitative estimate of drug-likeness (QED) is 0.667. The van der Waals surface area contributed by atoms with Gasteiger partial charge in [0.25, 0.3) is 16.1 Å². The van der Waals surface area contributed by atoms with Crippen LogP contribution in [0.5, 0.6) is 0 Å². The van der Waals surface area contributed by atoms with E-state index in [9.17, 15) is 26.4 Å². The lowest BCUT2D eigenvalue weighted by atomic mass is 9.63. The number of nitrogens with zero attached hydrogens (tertiary/aromatic N) is 3. The summed E-state index contributed by atoms with van der Waals surface area (Å²) in [6.07, 6.45) is 1.14. The lowest BCUT2D eigenvalue weighted by Crippen LogP contribution is -2.64. The molecule has 0 bridgehead atoms. The molecule has 7 nitrogen and oxygen atoms in total. The third-order valence-corrected chi connectivity index (χ3v) is 8.95. The number of halogens is 3. The number of hydrogen-bond donors (Lipinski definition) is 1. The van der Waals surface area contributed by atoms with E-state index in [0.717, 1.165) is 16.4 Å². The van der Waals surface area contributed by atoms with Gasteiger partial charge in [-0.15, -0.1) is 0 Å². The van der Waals surface area contributed by atoms with Crippen molar-refractivity contribution in [2.45, 2.75) is 43.8 Å². The first-order chi connectivity index (χ1) is 16.0. The molecule has 2 aromatic rings. The second kappa shape index (κ2) is 8.94. The summed E-state index contributed by atoms with van der Waals surface area (Å²) in [5, 5.41) is 2.88. The van der Waals surface area contributed by atoms with Gasteiger partial charge in [0.15, 0.2) is 0 Å². The van der Waals surface area contributed by atoms with E-state index in [4.69, 9.17) is 0 Å². The van der Waals surface area contributed by atoms with Crippen molar-refractivity contribution >= 4 is 16.1 Å². The Hall–Kier alpha value is -2.50. The number of piperidine rings is 1. The van der Waals surface area contributed by atoms with E-state index in [-0.39, 0.29) is 31.7 Å². The van der Waals surface area contributed by atoms with Crippen molar-refractivity contribution in [3.63, 3.8) is 0 Å². The molecule has 184 valence electrons. The van der Waals surface area contributed by atoms with Crippen LogP contribution in [0, 0.1) is 11.6 Å². The zero-order valence-corrected chi connectivity index (χ0v) is 19.8. The molecule has 2 aliphatic rings. The number of aromatic nitrogens is 1. The van der Waals surface area contributed by atoms with E-state index < -0.39 is 44.9 Å². The molecule has 0 aliphatic carbocycles. The summed E-state index contributed by atoms with van der Waals surface area (Å²) < 4.78 is 69.0. The van der Waals surface area contributed by atoms with Gasteiger partial charge in [-0.2, -0.15) is 17.0 Å². The lowest BCUT2D eigenvalue weighted by molar-refractivity contribution is 0.0748. The Morgan fingerprint density at radius 1 is 1.12 bits per heavy atom. The zero-order chi connectivity index (χ0) is 24.7. The molecule has 1 aromatic carbocycles. The van der Waals surface area contributed by atoms with Crippen molar-refractivity contribution in [2.24, 2.45) is 0 Å². The molecule has 1 amide bonds. The Morgan fingerprint density at radius 2 is 1.79 bits per heavy atom. The molecule has 0 unspecified atom stereocenters. The molecular weight excluding hydrogens is 469 g/mol. The highest BCUT2D eigenvalue weighted by Gasteiger charge is 2.52. The highest BCUT2D eigenvalue weighted by molar-refractivity contribution is 7.86. The van der Waals surface area contributed by atoms with E-state index in [1.807, 2.05) is 12.1 Å². The number of rotatable bonds is 6. The van der Waals surface area contributed by atoms with Gasteiger partial charge in [-0.1, -0.05) is 6.07 Å². The van der Waals surface area contributed by atoms with Gasteiger partial charge in [-0.25, -0.2) is 13.2 Å². The van der Waals surface area contributed by atoms with E-state index in [0.29, 0.717) is 24.6 Å². The SMILES string of the molecule is CC(C)(NC(=O)c1ccc(F)cc1F)C1(c2ccccn2)CCN(S(=O)(=O)N2CC(F)C2)CC1. The maximum absolute atomic E-state index is 14.2. The maximum atomic E-state index is 14.2. The van der Waals surface area contributed by atoms with Gasteiger partial charge in [0.05, 0.1) is 5.56 Å². The van der Waals surface area contributed by atoms with Gasteiger partial charge < -0.3 is 5.32 Å². The van der Waals surface area contributed by atoms with Crippen LogP contribution in [-0.4, -0.2) is 65.8 Å². The molecule has 2 aliphatic heterocycles. The highest BCUT2D eigenvalue weighted by Crippen LogP contribution is 2.44. The van der Waals surface area contributed by atoms with Crippen LogP contribution < -0.4 is 5.32 Å². The standard InChI is InChI=1S/C23H27F3N4O3S/c1-22(2,28-21(31)18-7-6-16(24)13-19(18)26)23(20-5-3-4-10-27-20)8-11-29(12-9-23)34(32,33)30-14-17(25)15-30/h3-7,10,13,17H,8-9,11-12,14-15H2,1-2H3,(H,28,31). The van der Waals surface area contributed by atoms with Crippen LogP contribution in [0.3, 0.4) is 0 Å². The van der Waals surface area contributed by atoms with E-state index in [1.165, 1.54) is 4.31 Å². The summed E-state index contributed by atoms with van der Waals surface area (Å²) in [6.45, 7) is 3.58. The summed E-state index contributed by atoms with van der Waals surface area (Å²) in [7, 11) is -3.78. The number of nitrogens with one attached hydrogen (secondary N) is 1. The summed E-state index contributed by atoms with van der Waals surface area (Å²) in [5.74, 6) is -2.46. The minimum atomic E-state index is -3.78. The van der Waals surface area contributed by atoms with E-state index >= 15 is 0 Å². The number of carbonyl (C=O) groups is 1. The normalized spacial score (nSPS) is 20.0. The van der Waals surface area contributed by atoms with Crippen molar-refractivity contribution in [3.05, 3.63) is 65.5 Å². The van der Waals surface area contributed by atoms with Gasteiger partial charge >= 0.3 is 0 Å². The highest BCUT2D eigenvalue weighted by atomic mass is 32.2. The number of carbonyl (C=O) groups excluding carboxylic acids is 1. The van der Waals surface area contributed by atoms with Crippen LogP contribution >= 0.6 is 0 Å². The summed E-state index contributed by atoms with van der Waals surface area (Å²) in [5.41, 5.74) is -1.37. The first-order valence-corrected chi connectivity index (χ1v) is 12.4. The van der Waals surface area contributed by atoms with Crippen molar-refractivity contribution < 1.29 is 26.4 Å². The second-order valence-corrected chi connectivity index (χ2v) is 11.2. The Labute approximate surface area is 197 Å². The molecule has 0 radical (unpaired) electrons. The molecule has 3 heterocycles. The minimum Gasteiger partial charge on any atom is -0.346 e. The van der Waals surface area contributed by atoms with Crippen LogP contribution in [-0.2, 0) is 15.6 Å². The Bertz CT molecular complexity index is 1160. The topological polar surface area (TPSA) is 82.6 Å². The fourth-order valence-corrected chi connectivity index (χ4v) is 6.50. The molecule has 2 fully saturated rings. The lowest BCUT2D eigenvalue weighted by Gasteiger charge is -2.51. The fraction of sp³-hybridized carbons (Fsp3) is 0.478. The molecule has 0 atom stereocenters. The summed E-state index contributed by atoms with van der Waals surface area (Å²) >= 11 is 0. The van der Waals surface area contributed by atoms with Gasteiger partial charge in [-0.05, 0) is 51.0 Å². The Balaban J connectivity index is 1.61. The van der Waals surface area contributed by atoms with Gasteiger partial charge in [0.2, 0.25) is 0 Å². The smallest absolute Gasteiger partial charge is 0.282 e. The van der Waals surface area contributed by atoms with Crippen LogP contribution in [0.1, 0.15) is 42.7 Å². The molecular formula is C23H27F3N4O3S. The summed E-state index contributed by atoms with van der Waals surface area (Å²) in [6, 6.07) is 8.14. The number of alkyl halides is 1. The average Bonchev–Trinajstić information content (AvgIpc) is 2.77. The van der Waals surface area contributed by atoms with Crippen LogP contribution in [0.15, 0.2) is 42.6 Å². The van der Waals surface area contributed by atoms with Crippen LogP contribution in [0.2, 0.25) is 0 Å². The monoisotopic (exact) mass is 496 g/mol. The third kappa shape index (κ3) is 4.32. The van der Waals surface area contributed by atoms with Crippen molar-refractivity contribution in [1.29, 1.82) is 0 Å². The fourth-order valence-electron chi connectivity index (χ4n) is 4.83. The second-order valence-electron chi connectivity index (χ2n) is 9.32. The number of hydrogen-bond acceptors (Lipinski definition) is 4. The van der Waals surface area contributed by atoms with Crippen LogP contribution in [0.4, 0.5) is 13.2 Å². The largest absolute Gasteiger partial charge is 0.346 e. The molecule has 4 rings (SSSR count). The average molecular weight is 497 g/mol. The Kier molecular flexibility index (Phi) is 6.47. The molecule has 1 aromatic heterocycles. The summed E-state index contributed by atoms with van der Waals surface area (Å²) in [4.78, 5) is 17.5. The number of amides is 1. The number of pyridine rings is 1. The van der Waals surface area contributed by atoms with Crippen molar-refractivity contribution in [2.75, 3.05) is 26.2 Å². The van der Waals surface area contributed by atoms with Gasteiger partial charge in [-0.3, -0.25) is 9.78 Å². The van der Waals surface area contributed by atoms with E-state index in [1.54, 1.807) is 26.1 Å². The van der Waals surface area contributed by atoms with E-state index in [2.05, 4.69) is 10.3 Å². The first-order valence-electron chi connectivity index (χ1n) is 11.0. The first kappa shape index (κ1) is 24.6. The predicted molar refractivity (Wildman–Crippen MR) is 120 cm³/mol. The molecule has 34 heavy (non-hydrogen) atoms. The van der Waals surface area contributed by atoms with Crippen molar-refractivity contribution in [1.82, 2.24) is 18.9 Å². The van der Waals surface area contributed by atoms with Gasteiger partial charge in [0, 0.05) is 55.1 Å². The minimum absolute atomic E-state index is 0.144. The molecule has 1 N–H and O–H groups in total. The number of benzene rings is 1. The maximum Gasteiger partial charge on any atom is 0.282 e. The molecule has 2 saturated heterocycles. The van der Waals surface area contributed by atoms with Gasteiger partial charge in [0.1, 0.15) is 17.8 Å². The van der Waals surface area contributed by atoms with Crippen molar-refractivity contribution in [3.8, 4) is 0 Å². The molecule has 0 spiro atoms. The zero-order valence-electron chi connectivity index (χ0n) is 19.0. The third-order valence-electron chi connectivity index (χ3n) is 6.99. The van der Waals surface area contributed by atoms with Crippen LogP contribution in [0.25, 0.3) is 0 Å². The predicted octanol–water partition coefficient (Wildman–Crippen LogP) is 2.80.